The summed E-state index contributed by atoms with van der Waals surface area (Å²) in [6, 6.07) is 5.36. The van der Waals surface area contributed by atoms with Crippen molar-refractivity contribution in [1.82, 2.24) is 0 Å². The van der Waals surface area contributed by atoms with E-state index < -0.39 is 0 Å². The molecule has 94 valence electrons. The summed E-state index contributed by atoms with van der Waals surface area (Å²) >= 11 is 1.81. The average molecular weight is 254 g/mol. The first-order valence-corrected chi connectivity index (χ1v) is 6.73. The molecule has 0 fully saturated rings. The Labute approximate surface area is 106 Å². The van der Waals surface area contributed by atoms with Crippen LogP contribution in [-0.4, -0.2) is 17.7 Å². The van der Waals surface area contributed by atoms with Crippen molar-refractivity contribution in [3.05, 3.63) is 33.9 Å². The molecule has 0 spiro atoms. The highest BCUT2D eigenvalue weighted by Gasteiger charge is 2.13. The van der Waals surface area contributed by atoms with Crippen LogP contribution in [0.25, 0.3) is 0 Å². The van der Waals surface area contributed by atoms with E-state index in [1.165, 1.54) is 0 Å². The van der Waals surface area contributed by atoms with Crippen molar-refractivity contribution < 1.29 is 4.92 Å². The van der Waals surface area contributed by atoms with Crippen molar-refractivity contribution in [3.8, 4) is 0 Å². The second-order valence-electron chi connectivity index (χ2n) is 4.27. The third-order valence-corrected chi connectivity index (χ3v) is 3.69. The highest BCUT2D eigenvalue weighted by atomic mass is 32.2. The second kappa shape index (κ2) is 6.49. The Bertz CT molecular complexity index is 394. The number of anilines is 1. The number of nitrogens with zero attached hydrogens (tertiary/aromatic N) is 1. The van der Waals surface area contributed by atoms with Crippen LogP contribution in [0.3, 0.4) is 0 Å². The van der Waals surface area contributed by atoms with Gasteiger partial charge in [0, 0.05) is 18.9 Å². The molecule has 0 radical (unpaired) electrons. The van der Waals surface area contributed by atoms with E-state index in [-0.39, 0.29) is 10.6 Å². The fourth-order valence-electron chi connectivity index (χ4n) is 1.44. The van der Waals surface area contributed by atoms with Gasteiger partial charge in [-0.15, -0.1) is 0 Å². The first-order chi connectivity index (χ1) is 8.04. The zero-order valence-corrected chi connectivity index (χ0v) is 11.2. The number of hydrogen-bond acceptors (Lipinski definition) is 4. The molecule has 4 nitrogen and oxygen atoms in total. The summed E-state index contributed by atoms with van der Waals surface area (Å²) in [6.45, 7) is 4.33. The SMILES string of the molecule is CNc1ccc(CSCC(C)C)cc1[N+](=O)[O-]. The molecule has 17 heavy (non-hydrogen) atoms. The molecule has 0 unspecified atom stereocenters. The van der Waals surface area contributed by atoms with Crippen LogP contribution >= 0.6 is 11.8 Å². The van der Waals surface area contributed by atoms with Gasteiger partial charge in [0.2, 0.25) is 0 Å². The van der Waals surface area contributed by atoms with Gasteiger partial charge in [-0.3, -0.25) is 10.1 Å². The number of benzene rings is 1. The summed E-state index contributed by atoms with van der Waals surface area (Å²) in [7, 11) is 1.69. The molecule has 0 aliphatic heterocycles. The lowest BCUT2D eigenvalue weighted by molar-refractivity contribution is -0.384. The van der Waals surface area contributed by atoms with Crippen molar-refractivity contribution >= 4 is 23.1 Å². The Morgan fingerprint density at radius 3 is 2.71 bits per heavy atom. The van der Waals surface area contributed by atoms with Gasteiger partial charge in [-0.2, -0.15) is 11.8 Å². The molecule has 0 heterocycles. The van der Waals surface area contributed by atoms with E-state index in [1.54, 1.807) is 30.9 Å². The average Bonchev–Trinajstić information content (AvgIpc) is 2.28. The molecular weight excluding hydrogens is 236 g/mol. The van der Waals surface area contributed by atoms with Crippen molar-refractivity contribution in [1.29, 1.82) is 0 Å². The standard InChI is InChI=1S/C12H18N2O2S/c1-9(2)7-17-8-10-4-5-11(13-3)12(6-10)14(15)16/h4-6,9,13H,7-8H2,1-3H3. The van der Waals surface area contributed by atoms with Gasteiger partial charge in [-0.05, 0) is 23.3 Å². The van der Waals surface area contributed by atoms with E-state index in [0.717, 1.165) is 17.1 Å². The molecular formula is C12H18N2O2S. The van der Waals surface area contributed by atoms with Crippen LogP contribution in [0.4, 0.5) is 11.4 Å². The van der Waals surface area contributed by atoms with Gasteiger partial charge in [0.15, 0.2) is 0 Å². The smallest absolute Gasteiger partial charge is 0.292 e. The van der Waals surface area contributed by atoms with Crippen molar-refractivity contribution in [3.63, 3.8) is 0 Å². The lowest BCUT2D eigenvalue weighted by Crippen LogP contribution is -1.98. The Kier molecular flexibility index (Phi) is 5.28. The van der Waals surface area contributed by atoms with Crippen LogP contribution in [0.1, 0.15) is 19.4 Å². The van der Waals surface area contributed by atoms with E-state index in [2.05, 4.69) is 19.2 Å². The maximum atomic E-state index is 10.9. The number of rotatable bonds is 6. The van der Waals surface area contributed by atoms with Crippen LogP contribution in [-0.2, 0) is 5.75 Å². The maximum absolute atomic E-state index is 10.9. The van der Waals surface area contributed by atoms with Crippen molar-refractivity contribution in [2.24, 2.45) is 5.92 Å². The number of thioether (sulfide) groups is 1. The molecule has 1 aromatic carbocycles. The minimum Gasteiger partial charge on any atom is -0.383 e. The monoisotopic (exact) mass is 254 g/mol. The number of nitro groups is 1. The topological polar surface area (TPSA) is 55.2 Å². The van der Waals surface area contributed by atoms with Crippen molar-refractivity contribution in [2.75, 3.05) is 18.1 Å². The van der Waals surface area contributed by atoms with E-state index in [9.17, 15) is 10.1 Å². The van der Waals surface area contributed by atoms with Gasteiger partial charge in [0.05, 0.1) is 4.92 Å². The normalized spacial score (nSPS) is 10.6. The van der Waals surface area contributed by atoms with Gasteiger partial charge >= 0.3 is 0 Å². The summed E-state index contributed by atoms with van der Waals surface area (Å²) in [6.07, 6.45) is 0. The fourth-order valence-corrected chi connectivity index (χ4v) is 2.45. The van der Waals surface area contributed by atoms with E-state index in [1.807, 2.05) is 6.07 Å². The molecule has 0 saturated carbocycles. The largest absolute Gasteiger partial charge is 0.383 e. The first-order valence-electron chi connectivity index (χ1n) is 5.57. The van der Waals surface area contributed by atoms with Crippen LogP contribution in [0, 0.1) is 16.0 Å². The predicted molar refractivity (Wildman–Crippen MR) is 73.6 cm³/mol. The van der Waals surface area contributed by atoms with Gasteiger partial charge < -0.3 is 5.32 Å². The van der Waals surface area contributed by atoms with Gasteiger partial charge in [0.1, 0.15) is 5.69 Å². The predicted octanol–water partition coefficient (Wildman–Crippen LogP) is 3.53. The quantitative estimate of drug-likeness (QED) is 0.623. The third-order valence-electron chi connectivity index (χ3n) is 2.25. The number of nitrogens with one attached hydrogen (secondary N) is 1. The highest BCUT2D eigenvalue weighted by Crippen LogP contribution is 2.27. The lowest BCUT2D eigenvalue weighted by Gasteiger charge is -2.06. The molecule has 0 atom stereocenters. The molecule has 5 heteroatoms. The lowest BCUT2D eigenvalue weighted by atomic mass is 10.2. The molecule has 0 aromatic heterocycles. The molecule has 0 bridgehead atoms. The van der Waals surface area contributed by atoms with Crippen molar-refractivity contribution in [2.45, 2.75) is 19.6 Å². The van der Waals surface area contributed by atoms with Crippen LogP contribution < -0.4 is 5.32 Å². The Balaban J connectivity index is 2.74. The number of hydrogen-bond donors (Lipinski definition) is 1. The highest BCUT2D eigenvalue weighted by molar-refractivity contribution is 7.98. The number of nitro benzene ring substituents is 1. The summed E-state index contributed by atoms with van der Waals surface area (Å²) in [5.41, 5.74) is 1.71. The Morgan fingerprint density at radius 2 is 2.18 bits per heavy atom. The summed E-state index contributed by atoms with van der Waals surface area (Å²) in [4.78, 5) is 10.5. The van der Waals surface area contributed by atoms with Gasteiger partial charge in [0.25, 0.3) is 5.69 Å². The molecule has 1 aromatic rings. The van der Waals surface area contributed by atoms with Crippen LogP contribution in [0.15, 0.2) is 18.2 Å². The second-order valence-corrected chi connectivity index (χ2v) is 5.30. The molecule has 1 rings (SSSR count). The summed E-state index contributed by atoms with van der Waals surface area (Å²) in [5, 5.41) is 13.7. The molecule has 0 saturated heterocycles. The first kappa shape index (κ1) is 13.8. The van der Waals surface area contributed by atoms with Crippen LogP contribution in [0.2, 0.25) is 0 Å². The maximum Gasteiger partial charge on any atom is 0.292 e. The summed E-state index contributed by atoms with van der Waals surface area (Å²) in [5.74, 6) is 2.54. The molecule has 1 N–H and O–H groups in total. The van der Waals surface area contributed by atoms with Crippen LogP contribution in [0.5, 0.6) is 0 Å². The Morgan fingerprint density at radius 1 is 1.47 bits per heavy atom. The minimum atomic E-state index is -0.345. The zero-order valence-electron chi connectivity index (χ0n) is 10.4. The summed E-state index contributed by atoms with van der Waals surface area (Å²) < 4.78 is 0. The van der Waals surface area contributed by atoms with E-state index >= 15 is 0 Å². The molecule has 0 aliphatic carbocycles. The van der Waals surface area contributed by atoms with E-state index in [4.69, 9.17) is 0 Å². The van der Waals surface area contributed by atoms with Gasteiger partial charge in [-0.25, -0.2) is 0 Å². The zero-order chi connectivity index (χ0) is 12.8. The molecule has 0 amide bonds. The van der Waals surface area contributed by atoms with E-state index in [0.29, 0.717) is 11.6 Å². The van der Waals surface area contributed by atoms with Gasteiger partial charge in [-0.1, -0.05) is 19.9 Å². The molecule has 0 aliphatic rings. The Hall–Kier alpha value is -1.23. The minimum absolute atomic E-state index is 0.148. The third kappa shape index (κ3) is 4.26. The fraction of sp³-hybridized carbons (Fsp3) is 0.500.